The highest BCUT2D eigenvalue weighted by atomic mass is 19.1. The Kier molecular flexibility index (Phi) is 9.48. The summed E-state index contributed by atoms with van der Waals surface area (Å²) in [5.74, 6) is -1.40. The fourth-order valence-electron chi connectivity index (χ4n) is 5.64. The highest BCUT2D eigenvalue weighted by molar-refractivity contribution is 5.63. The van der Waals surface area contributed by atoms with Crippen LogP contribution in [0.25, 0.3) is 0 Å². The van der Waals surface area contributed by atoms with E-state index in [1.165, 1.54) is 26.6 Å². The zero-order valence-corrected chi connectivity index (χ0v) is 25.2. The number of hydrogen-bond acceptors (Lipinski definition) is 10. The molecule has 0 radical (unpaired) electrons. The molecule has 0 unspecified atom stereocenters. The number of methoxy groups -OCH3 is 2. The fraction of sp³-hybridized carbons (Fsp3) is 0.484. The van der Waals surface area contributed by atoms with E-state index in [0.717, 1.165) is 81.7 Å². The molecule has 1 aromatic heterocycles. The number of halogens is 2. The van der Waals surface area contributed by atoms with E-state index in [0.29, 0.717) is 5.95 Å². The summed E-state index contributed by atoms with van der Waals surface area (Å²) >= 11 is 0. The van der Waals surface area contributed by atoms with Gasteiger partial charge in [-0.25, -0.2) is 18.7 Å². The normalized spacial score (nSPS) is 17.5. The standard InChI is InChI=1S/C31H40F2N6O4/c1-21-15-22(5-6-25(21)39-9-7-31(40,8-10-39)20-38-13-11-37(2)12-14-38)36-30-34-17-23(18-35-30)43-19-24-28(32)26(41-3)16-27(42-4)29(24)33/h5-6,15-18,40H,7-14,19-20H2,1-4H3,(H,34,35,36). The van der Waals surface area contributed by atoms with Gasteiger partial charge in [0.15, 0.2) is 28.9 Å². The monoisotopic (exact) mass is 598 g/mol. The molecule has 43 heavy (non-hydrogen) atoms. The van der Waals surface area contributed by atoms with Gasteiger partial charge in [-0.1, -0.05) is 0 Å². The molecule has 2 saturated heterocycles. The van der Waals surface area contributed by atoms with Crippen molar-refractivity contribution in [2.45, 2.75) is 32.0 Å². The molecule has 2 fully saturated rings. The number of benzene rings is 2. The molecule has 3 heterocycles. The summed E-state index contributed by atoms with van der Waals surface area (Å²) in [6.07, 6.45) is 4.35. The van der Waals surface area contributed by atoms with E-state index in [4.69, 9.17) is 14.2 Å². The van der Waals surface area contributed by atoms with Crippen LogP contribution in [0.2, 0.25) is 0 Å². The summed E-state index contributed by atoms with van der Waals surface area (Å²) in [4.78, 5) is 15.6. The number of piperidine rings is 1. The minimum atomic E-state index is -0.857. The van der Waals surface area contributed by atoms with E-state index in [-0.39, 0.29) is 22.8 Å². The average Bonchev–Trinajstić information content (AvgIpc) is 3.00. The number of hydrogen-bond donors (Lipinski definition) is 2. The fourth-order valence-corrected chi connectivity index (χ4v) is 5.64. The molecule has 0 atom stereocenters. The van der Waals surface area contributed by atoms with Crippen LogP contribution in [0.5, 0.6) is 17.2 Å². The smallest absolute Gasteiger partial charge is 0.227 e. The van der Waals surface area contributed by atoms with Gasteiger partial charge in [0.05, 0.1) is 37.8 Å². The van der Waals surface area contributed by atoms with Crippen molar-refractivity contribution in [3.63, 3.8) is 0 Å². The summed E-state index contributed by atoms with van der Waals surface area (Å²) in [6, 6.07) is 7.23. The molecule has 2 aliphatic heterocycles. The Morgan fingerprint density at radius 3 is 2.14 bits per heavy atom. The third-order valence-corrected chi connectivity index (χ3v) is 8.28. The van der Waals surface area contributed by atoms with Gasteiger partial charge >= 0.3 is 0 Å². The number of nitrogens with zero attached hydrogens (tertiary/aromatic N) is 5. The van der Waals surface area contributed by atoms with Crippen LogP contribution in [0.4, 0.5) is 26.1 Å². The van der Waals surface area contributed by atoms with E-state index in [9.17, 15) is 13.9 Å². The van der Waals surface area contributed by atoms with Crippen molar-refractivity contribution in [3.05, 3.63) is 59.4 Å². The minimum Gasteiger partial charge on any atom is -0.494 e. The first-order chi connectivity index (χ1) is 20.7. The largest absolute Gasteiger partial charge is 0.494 e. The van der Waals surface area contributed by atoms with Crippen LogP contribution in [0, 0.1) is 18.6 Å². The molecule has 2 N–H and O–H groups in total. The highest BCUT2D eigenvalue weighted by Gasteiger charge is 2.35. The minimum absolute atomic E-state index is 0.142. The summed E-state index contributed by atoms with van der Waals surface area (Å²) in [7, 11) is 4.72. The number of ether oxygens (including phenoxy) is 3. The van der Waals surface area contributed by atoms with Gasteiger partial charge in [-0.3, -0.25) is 4.90 Å². The Labute approximate surface area is 251 Å². The van der Waals surface area contributed by atoms with Crippen LogP contribution in [0.15, 0.2) is 36.7 Å². The van der Waals surface area contributed by atoms with Gasteiger partial charge in [0.25, 0.3) is 0 Å². The number of likely N-dealkylation sites (N-methyl/N-ethyl adjacent to an activating group) is 1. The molecule has 0 amide bonds. The number of aromatic nitrogens is 2. The van der Waals surface area contributed by atoms with Gasteiger partial charge in [0, 0.05) is 63.3 Å². The first-order valence-corrected chi connectivity index (χ1v) is 14.5. The van der Waals surface area contributed by atoms with E-state index >= 15 is 0 Å². The Hall–Kier alpha value is -3.74. The lowest BCUT2D eigenvalue weighted by atomic mass is 9.90. The zero-order chi connectivity index (χ0) is 30.6. The molecule has 0 spiro atoms. The molecule has 3 aromatic rings. The van der Waals surface area contributed by atoms with Crippen molar-refractivity contribution in [3.8, 4) is 17.2 Å². The summed E-state index contributed by atoms with van der Waals surface area (Å²) in [6.45, 7) is 8.13. The molecule has 12 heteroatoms. The van der Waals surface area contributed by atoms with E-state index in [1.54, 1.807) is 0 Å². The Bertz CT molecular complexity index is 1370. The van der Waals surface area contributed by atoms with Gasteiger partial charge in [-0.15, -0.1) is 0 Å². The van der Waals surface area contributed by atoms with Gasteiger partial charge < -0.3 is 34.4 Å². The molecule has 0 bridgehead atoms. The van der Waals surface area contributed by atoms with Gasteiger partial charge in [0.1, 0.15) is 6.61 Å². The molecule has 2 aliphatic rings. The Morgan fingerprint density at radius 2 is 1.56 bits per heavy atom. The molecule has 5 rings (SSSR count). The number of nitrogens with one attached hydrogen (secondary N) is 1. The van der Waals surface area contributed by atoms with Crippen molar-refractivity contribution in [2.24, 2.45) is 0 Å². The van der Waals surface area contributed by atoms with Crippen LogP contribution in [0.3, 0.4) is 0 Å². The first kappa shape index (κ1) is 30.7. The molecular weight excluding hydrogens is 558 g/mol. The molecule has 10 nitrogen and oxygen atoms in total. The number of rotatable bonds is 10. The van der Waals surface area contributed by atoms with Crippen LogP contribution in [0.1, 0.15) is 24.0 Å². The van der Waals surface area contributed by atoms with Crippen molar-refractivity contribution in [2.75, 3.05) is 77.3 Å². The molecule has 232 valence electrons. The Morgan fingerprint density at radius 1 is 0.930 bits per heavy atom. The molecule has 0 saturated carbocycles. The number of piperazine rings is 1. The lowest BCUT2D eigenvalue weighted by Crippen LogP contribution is -2.54. The van der Waals surface area contributed by atoms with Gasteiger partial charge in [-0.2, -0.15) is 0 Å². The van der Waals surface area contributed by atoms with Crippen LogP contribution >= 0.6 is 0 Å². The molecular formula is C31H40F2N6O4. The van der Waals surface area contributed by atoms with E-state index in [2.05, 4.69) is 50.0 Å². The van der Waals surface area contributed by atoms with Crippen molar-refractivity contribution < 1.29 is 28.1 Å². The SMILES string of the molecule is COc1cc(OC)c(F)c(COc2cnc(Nc3ccc(N4CCC(O)(CN5CCN(C)CC5)CC4)c(C)c3)nc2)c1F. The van der Waals surface area contributed by atoms with Crippen LogP contribution < -0.4 is 24.4 Å². The average molecular weight is 599 g/mol. The molecule has 2 aromatic carbocycles. The highest BCUT2D eigenvalue weighted by Crippen LogP contribution is 2.33. The quantitative estimate of drug-likeness (QED) is 0.357. The third kappa shape index (κ3) is 7.26. The predicted molar refractivity (Wildman–Crippen MR) is 161 cm³/mol. The van der Waals surface area contributed by atoms with Crippen LogP contribution in [-0.2, 0) is 6.61 Å². The van der Waals surface area contributed by atoms with Crippen LogP contribution in [-0.4, -0.2) is 97.6 Å². The number of anilines is 3. The van der Waals surface area contributed by atoms with E-state index in [1.807, 2.05) is 12.1 Å². The number of β-amino-alcohol motifs (C(OH)–C–C–N with tert-alkyl or cyclic N) is 1. The second-order valence-electron chi connectivity index (χ2n) is 11.3. The van der Waals surface area contributed by atoms with Crippen molar-refractivity contribution in [1.29, 1.82) is 0 Å². The van der Waals surface area contributed by atoms with Gasteiger partial charge in [-0.05, 0) is 50.6 Å². The topological polar surface area (TPSA) is 95.4 Å². The second-order valence-corrected chi connectivity index (χ2v) is 11.3. The van der Waals surface area contributed by atoms with E-state index < -0.39 is 23.8 Å². The zero-order valence-electron chi connectivity index (χ0n) is 25.2. The first-order valence-electron chi connectivity index (χ1n) is 14.5. The summed E-state index contributed by atoms with van der Waals surface area (Å²) in [5, 5.41) is 14.4. The maximum absolute atomic E-state index is 14.6. The van der Waals surface area contributed by atoms with Gasteiger partial charge in [0.2, 0.25) is 5.95 Å². The lowest BCUT2D eigenvalue weighted by Gasteiger charge is -2.43. The third-order valence-electron chi connectivity index (χ3n) is 8.28. The van der Waals surface area contributed by atoms with Crippen molar-refractivity contribution in [1.82, 2.24) is 19.8 Å². The second kappa shape index (κ2) is 13.3. The maximum Gasteiger partial charge on any atom is 0.227 e. The summed E-state index contributed by atoms with van der Waals surface area (Å²) < 4.78 is 44.7. The predicted octanol–water partition coefficient (Wildman–Crippen LogP) is 3.98. The van der Waals surface area contributed by atoms with Crippen molar-refractivity contribution >= 4 is 17.3 Å². The number of aryl methyl sites for hydroxylation is 1. The number of aliphatic hydroxyl groups is 1. The Balaban J connectivity index is 1.15. The maximum atomic E-state index is 14.6. The lowest BCUT2D eigenvalue weighted by molar-refractivity contribution is -0.0250. The molecule has 0 aliphatic carbocycles. The summed E-state index contributed by atoms with van der Waals surface area (Å²) in [5.41, 5.74) is 2.12.